The summed E-state index contributed by atoms with van der Waals surface area (Å²) in [5.41, 5.74) is 0. The standard InChI is InChI=1S/C10H21NO7S2/c1-17-7-6-11(5-4-10(12)18-2)20(15,16)9-8-19(3,13)14/h4-9H2,1-3H3. The average molecular weight is 331 g/mol. The molecule has 0 radical (unpaired) electrons. The first-order valence-corrected chi connectivity index (χ1v) is 9.50. The van der Waals surface area contributed by atoms with Crippen LogP contribution in [0.15, 0.2) is 0 Å². The van der Waals surface area contributed by atoms with E-state index in [0.717, 1.165) is 10.6 Å². The Morgan fingerprint density at radius 2 is 1.65 bits per heavy atom. The second-order valence-corrected chi connectivity index (χ2v) is 8.51. The summed E-state index contributed by atoms with van der Waals surface area (Å²) in [6, 6.07) is 0. The topological polar surface area (TPSA) is 107 Å². The van der Waals surface area contributed by atoms with Gasteiger partial charge in [0, 0.05) is 26.5 Å². The summed E-state index contributed by atoms with van der Waals surface area (Å²) in [4.78, 5) is 11.1. The molecule has 0 rings (SSSR count). The fourth-order valence-electron chi connectivity index (χ4n) is 1.29. The summed E-state index contributed by atoms with van der Waals surface area (Å²) in [6.45, 7) is 0.140. The average Bonchev–Trinajstić information content (AvgIpc) is 2.35. The minimum Gasteiger partial charge on any atom is -0.469 e. The molecule has 0 aliphatic heterocycles. The van der Waals surface area contributed by atoms with Crippen molar-refractivity contribution in [3.8, 4) is 0 Å². The third-order valence-electron chi connectivity index (χ3n) is 2.44. The van der Waals surface area contributed by atoms with Gasteiger partial charge in [0.25, 0.3) is 0 Å². The summed E-state index contributed by atoms with van der Waals surface area (Å²) in [5.74, 6) is -1.51. The number of sulfone groups is 1. The van der Waals surface area contributed by atoms with Gasteiger partial charge in [0.1, 0.15) is 9.84 Å². The first-order valence-electron chi connectivity index (χ1n) is 5.83. The number of ether oxygens (including phenoxy) is 2. The lowest BCUT2D eigenvalue weighted by molar-refractivity contribution is -0.140. The zero-order valence-corrected chi connectivity index (χ0v) is 13.5. The molecule has 10 heteroatoms. The zero-order valence-electron chi connectivity index (χ0n) is 11.9. The summed E-state index contributed by atoms with van der Waals surface area (Å²) in [6.07, 6.45) is 0.870. The molecule has 0 bridgehead atoms. The first kappa shape index (κ1) is 19.3. The Bertz CT molecular complexity index is 498. The predicted molar refractivity (Wildman–Crippen MR) is 73.6 cm³/mol. The summed E-state index contributed by atoms with van der Waals surface area (Å²) >= 11 is 0. The fourth-order valence-corrected chi connectivity index (χ4v) is 4.32. The number of nitrogens with zero attached hydrogens (tertiary/aromatic N) is 1. The van der Waals surface area contributed by atoms with Gasteiger partial charge in [0.05, 0.1) is 31.6 Å². The number of carbonyl (C=O) groups is 1. The molecule has 0 amide bonds. The Morgan fingerprint density at radius 1 is 1.05 bits per heavy atom. The number of hydrogen-bond acceptors (Lipinski definition) is 7. The normalized spacial score (nSPS) is 12.6. The highest BCUT2D eigenvalue weighted by Crippen LogP contribution is 2.05. The van der Waals surface area contributed by atoms with Gasteiger partial charge >= 0.3 is 5.97 Å². The number of methoxy groups -OCH3 is 2. The highest BCUT2D eigenvalue weighted by atomic mass is 32.2. The molecule has 0 atom stereocenters. The first-order chi connectivity index (χ1) is 9.12. The quantitative estimate of drug-likeness (QED) is 0.466. The van der Waals surface area contributed by atoms with Crippen LogP contribution in [-0.4, -0.2) is 78.8 Å². The van der Waals surface area contributed by atoms with Gasteiger partial charge in [0.15, 0.2) is 0 Å². The van der Waals surface area contributed by atoms with E-state index in [-0.39, 0.29) is 26.1 Å². The molecule has 0 aromatic heterocycles. The Morgan fingerprint density at radius 3 is 2.10 bits per heavy atom. The van der Waals surface area contributed by atoms with Crippen molar-refractivity contribution in [3.63, 3.8) is 0 Å². The monoisotopic (exact) mass is 331 g/mol. The molecule has 0 unspecified atom stereocenters. The minimum atomic E-state index is -3.77. The van der Waals surface area contributed by atoms with Crippen LogP contribution in [0.4, 0.5) is 0 Å². The number of sulfonamides is 1. The van der Waals surface area contributed by atoms with Crippen LogP contribution in [0.2, 0.25) is 0 Å². The van der Waals surface area contributed by atoms with E-state index in [2.05, 4.69) is 4.74 Å². The molecule has 0 N–H and O–H groups in total. The highest BCUT2D eigenvalue weighted by molar-refractivity contribution is 7.93. The maximum absolute atomic E-state index is 12.0. The molecule has 8 nitrogen and oxygen atoms in total. The van der Waals surface area contributed by atoms with E-state index in [0.29, 0.717) is 0 Å². The molecule has 0 fully saturated rings. The summed E-state index contributed by atoms with van der Waals surface area (Å²) in [5, 5.41) is 0. The molecule has 0 aliphatic rings. The van der Waals surface area contributed by atoms with Crippen molar-refractivity contribution in [3.05, 3.63) is 0 Å². The van der Waals surface area contributed by atoms with Crippen molar-refractivity contribution >= 4 is 25.8 Å². The number of rotatable bonds is 10. The third-order valence-corrected chi connectivity index (χ3v) is 5.52. The molecular formula is C10H21NO7S2. The van der Waals surface area contributed by atoms with Crippen molar-refractivity contribution in [1.29, 1.82) is 0 Å². The van der Waals surface area contributed by atoms with Crippen molar-refractivity contribution in [2.75, 3.05) is 51.7 Å². The van der Waals surface area contributed by atoms with E-state index in [4.69, 9.17) is 4.74 Å². The van der Waals surface area contributed by atoms with Crippen molar-refractivity contribution in [2.24, 2.45) is 0 Å². The summed E-state index contributed by atoms with van der Waals surface area (Å²) < 4.78 is 56.5. The van der Waals surface area contributed by atoms with Gasteiger partial charge in [-0.1, -0.05) is 0 Å². The van der Waals surface area contributed by atoms with Crippen molar-refractivity contribution in [2.45, 2.75) is 6.42 Å². The molecule has 0 spiro atoms. The Balaban J connectivity index is 4.76. The van der Waals surface area contributed by atoms with Crippen LogP contribution >= 0.6 is 0 Å². The Hall–Kier alpha value is -0.710. The van der Waals surface area contributed by atoms with E-state index in [1.165, 1.54) is 14.2 Å². The molecule has 0 aromatic carbocycles. The lowest BCUT2D eigenvalue weighted by Gasteiger charge is -2.21. The van der Waals surface area contributed by atoms with Gasteiger partial charge in [-0.25, -0.2) is 16.8 Å². The highest BCUT2D eigenvalue weighted by Gasteiger charge is 2.24. The van der Waals surface area contributed by atoms with E-state index < -0.39 is 37.3 Å². The van der Waals surface area contributed by atoms with Gasteiger partial charge in [-0.2, -0.15) is 4.31 Å². The minimum absolute atomic E-state index is 0.0551. The molecule has 0 heterocycles. The van der Waals surface area contributed by atoms with E-state index in [1.54, 1.807) is 0 Å². The van der Waals surface area contributed by atoms with Crippen LogP contribution in [0.5, 0.6) is 0 Å². The fraction of sp³-hybridized carbons (Fsp3) is 0.900. The maximum Gasteiger partial charge on any atom is 0.306 e. The van der Waals surface area contributed by atoms with Crippen LogP contribution in [0.25, 0.3) is 0 Å². The van der Waals surface area contributed by atoms with E-state index in [9.17, 15) is 21.6 Å². The van der Waals surface area contributed by atoms with Gasteiger partial charge < -0.3 is 9.47 Å². The zero-order chi connectivity index (χ0) is 15.8. The molecular weight excluding hydrogens is 310 g/mol. The van der Waals surface area contributed by atoms with Gasteiger partial charge in [0.2, 0.25) is 10.0 Å². The SMILES string of the molecule is COCCN(CCC(=O)OC)S(=O)(=O)CCS(C)(=O)=O. The third kappa shape index (κ3) is 8.46. The van der Waals surface area contributed by atoms with Gasteiger partial charge in [-0.3, -0.25) is 4.79 Å². The second-order valence-electron chi connectivity index (χ2n) is 4.16. The Labute approximate surface area is 120 Å². The van der Waals surface area contributed by atoms with Crippen molar-refractivity contribution < 1.29 is 31.1 Å². The van der Waals surface area contributed by atoms with E-state index in [1.807, 2.05) is 0 Å². The summed E-state index contributed by atoms with van der Waals surface area (Å²) in [7, 11) is -4.51. The molecule has 20 heavy (non-hydrogen) atoms. The lowest BCUT2D eigenvalue weighted by atomic mass is 10.4. The number of carbonyl (C=O) groups excluding carboxylic acids is 1. The molecule has 0 saturated carbocycles. The number of hydrogen-bond donors (Lipinski definition) is 0. The molecule has 0 aromatic rings. The molecule has 0 saturated heterocycles. The van der Waals surface area contributed by atoms with Gasteiger partial charge in [-0.15, -0.1) is 0 Å². The second kappa shape index (κ2) is 8.55. The van der Waals surface area contributed by atoms with Crippen LogP contribution in [0, 0.1) is 0 Å². The predicted octanol–water partition coefficient (Wildman–Crippen LogP) is -1.13. The van der Waals surface area contributed by atoms with Crippen LogP contribution in [0.1, 0.15) is 6.42 Å². The van der Waals surface area contributed by atoms with Crippen LogP contribution in [0.3, 0.4) is 0 Å². The van der Waals surface area contributed by atoms with Crippen LogP contribution < -0.4 is 0 Å². The maximum atomic E-state index is 12.0. The molecule has 0 aliphatic carbocycles. The smallest absolute Gasteiger partial charge is 0.306 e. The number of esters is 1. The van der Waals surface area contributed by atoms with Crippen LogP contribution in [-0.2, 0) is 34.1 Å². The molecule has 120 valence electrons. The lowest BCUT2D eigenvalue weighted by Crippen LogP contribution is -2.38. The Kier molecular flexibility index (Phi) is 8.25. The van der Waals surface area contributed by atoms with E-state index >= 15 is 0 Å². The van der Waals surface area contributed by atoms with Crippen molar-refractivity contribution in [1.82, 2.24) is 4.31 Å². The largest absolute Gasteiger partial charge is 0.469 e. The van der Waals surface area contributed by atoms with Gasteiger partial charge in [-0.05, 0) is 0 Å².